The van der Waals surface area contributed by atoms with Gasteiger partial charge in [-0.15, -0.1) is 0 Å². The van der Waals surface area contributed by atoms with Gasteiger partial charge >= 0.3 is 5.97 Å². The van der Waals surface area contributed by atoms with E-state index in [4.69, 9.17) is 18.9 Å². The lowest BCUT2D eigenvalue weighted by molar-refractivity contribution is -0.139. The summed E-state index contributed by atoms with van der Waals surface area (Å²) in [7, 11) is 3.07. The molecular weight excluding hydrogens is 639 g/mol. The van der Waals surface area contributed by atoms with E-state index >= 15 is 0 Å². The summed E-state index contributed by atoms with van der Waals surface area (Å²) in [5, 5.41) is 0. The number of hydrogen-bond donors (Lipinski definition) is 0. The molecule has 0 fully saturated rings. The van der Waals surface area contributed by atoms with Crippen LogP contribution >= 0.6 is 27.3 Å². The molecule has 0 spiro atoms. The Morgan fingerprint density at radius 2 is 1.86 bits per heavy atom. The van der Waals surface area contributed by atoms with E-state index < -0.39 is 12.0 Å². The third kappa shape index (κ3) is 6.14. The van der Waals surface area contributed by atoms with Crippen LogP contribution in [0.2, 0.25) is 0 Å². The van der Waals surface area contributed by atoms with Crippen LogP contribution < -0.4 is 29.1 Å². The van der Waals surface area contributed by atoms with Gasteiger partial charge in [0.25, 0.3) is 5.56 Å². The van der Waals surface area contributed by atoms with Gasteiger partial charge < -0.3 is 18.9 Å². The summed E-state index contributed by atoms with van der Waals surface area (Å²) in [4.78, 5) is 32.3. The molecule has 8 nitrogen and oxygen atoms in total. The first-order valence-corrected chi connectivity index (χ1v) is 14.9. The standard InChI is InChI=1S/C32H28BrFN2O6S/c1-5-41-31(38)28-18(2)35-32-36(29(28)22-16-21(39-3)11-13-25(22)40-4)30(37)27(43-32)15-19-10-12-26(23(33)14-19)42-17-20-8-6-7-9-24(20)34/h6-16,29H,5,17H2,1-4H3/b27-15-/t29-/m1/s1. The highest BCUT2D eigenvalue weighted by Gasteiger charge is 2.35. The second-order valence-corrected chi connectivity index (χ2v) is 11.3. The topological polar surface area (TPSA) is 88.4 Å². The Morgan fingerprint density at radius 3 is 2.56 bits per heavy atom. The molecule has 0 unspecified atom stereocenters. The number of allylic oxidation sites excluding steroid dienone is 1. The van der Waals surface area contributed by atoms with Crippen LogP contribution in [0.25, 0.3) is 6.08 Å². The third-order valence-electron chi connectivity index (χ3n) is 6.84. The molecule has 2 heterocycles. The monoisotopic (exact) mass is 666 g/mol. The van der Waals surface area contributed by atoms with E-state index in [0.29, 0.717) is 47.9 Å². The summed E-state index contributed by atoms with van der Waals surface area (Å²) in [6.45, 7) is 3.68. The number of hydrogen-bond acceptors (Lipinski definition) is 8. The SMILES string of the molecule is CCOC(=O)C1=C(C)N=c2s/c(=C\c3ccc(OCc4ccccc4F)c(Br)c3)c(=O)n2[C@@H]1c1cc(OC)ccc1OC. The van der Waals surface area contributed by atoms with Crippen LogP contribution in [-0.4, -0.2) is 31.4 Å². The highest BCUT2D eigenvalue weighted by atomic mass is 79.9. The second kappa shape index (κ2) is 13.0. The van der Waals surface area contributed by atoms with Crippen LogP contribution in [0, 0.1) is 5.82 Å². The molecule has 43 heavy (non-hydrogen) atoms. The largest absolute Gasteiger partial charge is 0.497 e. The van der Waals surface area contributed by atoms with Gasteiger partial charge in [-0.1, -0.05) is 35.6 Å². The molecule has 1 aliphatic heterocycles. The van der Waals surface area contributed by atoms with E-state index in [1.165, 1.54) is 29.1 Å². The molecule has 4 aromatic rings. The molecule has 0 aliphatic carbocycles. The lowest BCUT2D eigenvalue weighted by atomic mass is 9.94. The molecule has 0 saturated heterocycles. The van der Waals surface area contributed by atoms with Crippen molar-refractivity contribution in [2.75, 3.05) is 20.8 Å². The Morgan fingerprint density at radius 1 is 1.09 bits per heavy atom. The summed E-state index contributed by atoms with van der Waals surface area (Å²) in [5.41, 5.74) is 2.09. The third-order valence-corrected chi connectivity index (χ3v) is 8.45. The number of methoxy groups -OCH3 is 2. The maximum absolute atomic E-state index is 14.0. The highest BCUT2D eigenvalue weighted by Crippen LogP contribution is 2.38. The Balaban J connectivity index is 1.58. The van der Waals surface area contributed by atoms with E-state index in [0.717, 1.165) is 5.56 Å². The molecule has 1 atom stereocenters. The number of aromatic nitrogens is 1. The minimum absolute atomic E-state index is 0.0686. The zero-order valence-corrected chi connectivity index (χ0v) is 26.3. The van der Waals surface area contributed by atoms with Crippen LogP contribution in [0.3, 0.4) is 0 Å². The number of carbonyl (C=O) groups excluding carboxylic acids is 1. The van der Waals surface area contributed by atoms with E-state index in [9.17, 15) is 14.0 Å². The molecule has 3 aromatic carbocycles. The minimum Gasteiger partial charge on any atom is -0.497 e. The van der Waals surface area contributed by atoms with Crippen molar-refractivity contribution in [3.8, 4) is 17.2 Å². The fraction of sp³-hybridized carbons (Fsp3) is 0.219. The van der Waals surface area contributed by atoms with Gasteiger partial charge in [-0.05, 0) is 77.8 Å². The normalized spacial score (nSPS) is 14.7. The van der Waals surface area contributed by atoms with Gasteiger partial charge in [-0.3, -0.25) is 9.36 Å². The zero-order valence-electron chi connectivity index (χ0n) is 23.9. The number of carbonyl (C=O) groups is 1. The van der Waals surface area contributed by atoms with Gasteiger partial charge in [0.15, 0.2) is 4.80 Å². The minimum atomic E-state index is -0.858. The molecule has 0 bridgehead atoms. The van der Waals surface area contributed by atoms with Gasteiger partial charge in [-0.2, -0.15) is 0 Å². The fourth-order valence-corrected chi connectivity index (χ4v) is 6.34. The second-order valence-electron chi connectivity index (χ2n) is 9.48. The van der Waals surface area contributed by atoms with Crippen LogP contribution in [0.1, 0.15) is 36.6 Å². The van der Waals surface area contributed by atoms with E-state index in [2.05, 4.69) is 20.9 Å². The van der Waals surface area contributed by atoms with Crippen LogP contribution in [-0.2, 0) is 16.1 Å². The molecular formula is C32H28BrFN2O6S. The number of fused-ring (bicyclic) bond motifs is 1. The number of benzene rings is 3. The number of rotatable bonds is 9. The predicted molar refractivity (Wildman–Crippen MR) is 165 cm³/mol. The molecule has 1 aromatic heterocycles. The lowest BCUT2D eigenvalue weighted by Crippen LogP contribution is -2.40. The van der Waals surface area contributed by atoms with Crippen molar-refractivity contribution in [1.29, 1.82) is 0 Å². The van der Waals surface area contributed by atoms with E-state index in [1.807, 2.05) is 6.07 Å². The first kappa shape index (κ1) is 30.2. The average Bonchev–Trinajstić information content (AvgIpc) is 3.30. The van der Waals surface area contributed by atoms with Crippen molar-refractivity contribution in [2.45, 2.75) is 26.5 Å². The predicted octanol–water partition coefficient (Wildman–Crippen LogP) is 5.30. The van der Waals surface area contributed by atoms with E-state index in [-0.39, 0.29) is 30.2 Å². The quantitative estimate of drug-likeness (QED) is 0.226. The molecule has 0 N–H and O–H groups in total. The van der Waals surface area contributed by atoms with Gasteiger partial charge in [-0.25, -0.2) is 14.2 Å². The first-order chi connectivity index (χ1) is 20.7. The van der Waals surface area contributed by atoms with Crippen molar-refractivity contribution < 1.29 is 28.1 Å². The number of thiazole rings is 1. The summed E-state index contributed by atoms with van der Waals surface area (Å²) in [6.07, 6.45) is 1.75. The molecule has 0 amide bonds. The Labute approximate surface area is 259 Å². The van der Waals surface area contributed by atoms with Crippen LogP contribution in [0.5, 0.6) is 17.2 Å². The van der Waals surface area contributed by atoms with Crippen LogP contribution in [0.15, 0.2) is 86.2 Å². The summed E-state index contributed by atoms with van der Waals surface area (Å²) in [6, 6.07) is 16.2. The van der Waals surface area contributed by atoms with Crippen molar-refractivity contribution in [3.63, 3.8) is 0 Å². The number of ether oxygens (including phenoxy) is 4. The van der Waals surface area contributed by atoms with Crippen molar-refractivity contribution >= 4 is 39.3 Å². The van der Waals surface area contributed by atoms with Gasteiger partial charge in [0, 0.05) is 11.1 Å². The van der Waals surface area contributed by atoms with Gasteiger partial charge in [0.05, 0.1) is 41.1 Å². The summed E-state index contributed by atoms with van der Waals surface area (Å²) >= 11 is 4.73. The lowest BCUT2D eigenvalue weighted by Gasteiger charge is -2.26. The number of esters is 1. The molecule has 222 valence electrons. The summed E-state index contributed by atoms with van der Waals surface area (Å²) in [5.74, 6) is 0.645. The highest BCUT2D eigenvalue weighted by molar-refractivity contribution is 9.10. The van der Waals surface area contributed by atoms with Crippen molar-refractivity contribution in [1.82, 2.24) is 4.57 Å². The Hall–Kier alpha value is -4.22. The maximum Gasteiger partial charge on any atom is 0.338 e. The van der Waals surface area contributed by atoms with Crippen molar-refractivity contribution in [2.24, 2.45) is 4.99 Å². The maximum atomic E-state index is 14.0. The van der Waals surface area contributed by atoms with E-state index in [1.54, 1.807) is 75.6 Å². The average molecular weight is 668 g/mol. The van der Waals surface area contributed by atoms with Gasteiger partial charge in [0.1, 0.15) is 35.7 Å². The Bertz CT molecular complexity index is 1920. The zero-order chi connectivity index (χ0) is 30.7. The molecule has 0 radical (unpaired) electrons. The van der Waals surface area contributed by atoms with Crippen molar-refractivity contribution in [3.05, 3.63) is 119 Å². The molecule has 1 aliphatic rings. The number of halogens is 2. The number of nitrogens with zero attached hydrogens (tertiary/aromatic N) is 2. The fourth-order valence-electron chi connectivity index (χ4n) is 4.79. The van der Waals surface area contributed by atoms with Crippen LogP contribution in [0.4, 0.5) is 4.39 Å². The first-order valence-electron chi connectivity index (χ1n) is 13.3. The Kier molecular flexibility index (Phi) is 9.12. The molecule has 5 rings (SSSR count). The van der Waals surface area contributed by atoms with Gasteiger partial charge in [0.2, 0.25) is 0 Å². The molecule has 0 saturated carbocycles. The smallest absolute Gasteiger partial charge is 0.338 e. The summed E-state index contributed by atoms with van der Waals surface area (Å²) < 4.78 is 38.8. The molecule has 11 heteroatoms.